The summed E-state index contributed by atoms with van der Waals surface area (Å²) >= 11 is 1.72. The molecule has 2 aromatic rings. The maximum absolute atomic E-state index is 12.6. The van der Waals surface area contributed by atoms with E-state index in [1.807, 2.05) is 17.2 Å². The molecule has 0 N–H and O–H groups in total. The van der Waals surface area contributed by atoms with Gasteiger partial charge in [0.05, 0.1) is 6.54 Å². The number of nitrogens with zero attached hydrogens (tertiary/aromatic N) is 6. The average molecular weight is 429 g/mol. The van der Waals surface area contributed by atoms with Gasteiger partial charge < -0.3 is 9.47 Å². The third-order valence-corrected chi connectivity index (χ3v) is 7.00. The number of likely N-dealkylation sites (tertiary alicyclic amines) is 2. The number of hydrogen-bond acceptors (Lipinski definition) is 6. The van der Waals surface area contributed by atoms with Gasteiger partial charge in [0.2, 0.25) is 5.91 Å². The van der Waals surface area contributed by atoms with Crippen molar-refractivity contribution in [3.63, 3.8) is 0 Å². The fraction of sp³-hybridized carbons (Fsp3) is 0.636. The highest BCUT2D eigenvalue weighted by Crippen LogP contribution is 2.32. The number of carbonyl (C=O) groups is 1. The van der Waals surface area contributed by atoms with E-state index in [1.54, 1.807) is 18.0 Å². The topological polar surface area (TPSA) is 67.2 Å². The van der Waals surface area contributed by atoms with Crippen LogP contribution in [0.4, 0.5) is 0 Å². The van der Waals surface area contributed by atoms with Gasteiger partial charge in [-0.15, -0.1) is 10.2 Å². The maximum Gasteiger partial charge on any atom is 0.236 e. The third-order valence-electron chi connectivity index (χ3n) is 5.99. The largest absolute Gasteiger partial charge is 0.342 e. The van der Waals surface area contributed by atoms with E-state index >= 15 is 0 Å². The molecular weight excluding hydrogens is 396 g/mol. The second kappa shape index (κ2) is 9.92. The lowest BCUT2D eigenvalue weighted by molar-refractivity contribution is -0.131. The summed E-state index contributed by atoms with van der Waals surface area (Å²) in [6, 6.07) is 4.36. The van der Waals surface area contributed by atoms with Gasteiger partial charge >= 0.3 is 0 Å². The van der Waals surface area contributed by atoms with Crippen LogP contribution in [0, 0.1) is 0 Å². The molecule has 0 aliphatic carbocycles. The van der Waals surface area contributed by atoms with Gasteiger partial charge in [-0.25, -0.2) is 0 Å². The van der Waals surface area contributed by atoms with E-state index in [4.69, 9.17) is 0 Å². The van der Waals surface area contributed by atoms with Crippen LogP contribution in [0.3, 0.4) is 0 Å². The highest BCUT2D eigenvalue weighted by molar-refractivity contribution is 7.98. The number of carbonyl (C=O) groups excluding carboxylic acids is 1. The standard InChI is InChI=1S/C22H32N6OS/c1-17(2)28-21(24-25-22(28)30-16-18-7-5-9-23-13-18)19-8-6-10-26(14-19)15-20(29)27-11-3-4-12-27/h5,7,9,13,17,19H,3-4,6,8,10-12,14-16H2,1-2H3. The molecule has 1 unspecified atom stereocenters. The Hall–Kier alpha value is -1.93. The van der Waals surface area contributed by atoms with Crippen molar-refractivity contribution >= 4 is 17.7 Å². The fourth-order valence-electron chi connectivity index (χ4n) is 4.45. The van der Waals surface area contributed by atoms with Crippen molar-refractivity contribution in [2.75, 3.05) is 32.7 Å². The second-order valence-electron chi connectivity index (χ2n) is 8.62. The van der Waals surface area contributed by atoms with E-state index in [9.17, 15) is 4.79 Å². The van der Waals surface area contributed by atoms with Gasteiger partial charge in [-0.05, 0) is 57.7 Å². The number of pyridine rings is 1. The number of piperidine rings is 1. The van der Waals surface area contributed by atoms with Gasteiger partial charge in [-0.3, -0.25) is 14.7 Å². The van der Waals surface area contributed by atoms with Crippen LogP contribution in [-0.2, 0) is 10.5 Å². The summed E-state index contributed by atoms with van der Waals surface area (Å²) in [4.78, 5) is 21.1. The van der Waals surface area contributed by atoms with Crippen LogP contribution in [0.25, 0.3) is 0 Å². The smallest absolute Gasteiger partial charge is 0.236 e. The maximum atomic E-state index is 12.6. The lowest BCUT2D eigenvalue weighted by Gasteiger charge is -2.33. The van der Waals surface area contributed by atoms with Crippen molar-refractivity contribution in [1.82, 2.24) is 29.5 Å². The number of thioether (sulfide) groups is 1. The summed E-state index contributed by atoms with van der Waals surface area (Å²) in [5.74, 6) is 2.51. The molecule has 2 aliphatic heterocycles. The zero-order valence-corrected chi connectivity index (χ0v) is 18.9. The molecule has 4 rings (SSSR count). The van der Waals surface area contributed by atoms with E-state index < -0.39 is 0 Å². The summed E-state index contributed by atoms with van der Waals surface area (Å²) in [6.45, 7) is 8.66. The molecule has 30 heavy (non-hydrogen) atoms. The van der Waals surface area contributed by atoms with Gasteiger partial charge in [0.15, 0.2) is 5.16 Å². The van der Waals surface area contributed by atoms with Crippen molar-refractivity contribution in [3.8, 4) is 0 Å². The van der Waals surface area contributed by atoms with Crippen LogP contribution in [0.1, 0.15) is 62.9 Å². The van der Waals surface area contributed by atoms with Crippen molar-refractivity contribution in [3.05, 3.63) is 35.9 Å². The molecule has 8 heteroatoms. The highest BCUT2D eigenvalue weighted by atomic mass is 32.2. The van der Waals surface area contributed by atoms with Crippen molar-refractivity contribution in [2.45, 2.75) is 62.4 Å². The molecular formula is C22H32N6OS. The summed E-state index contributed by atoms with van der Waals surface area (Å²) in [7, 11) is 0. The van der Waals surface area contributed by atoms with Crippen molar-refractivity contribution in [2.24, 2.45) is 0 Å². The first kappa shape index (κ1) is 21.3. The Bertz CT molecular complexity index is 833. The molecule has 0 radical (unpaired) electrons. The SMILES string of the molecule is CC(C)n1c(SCc2cccnc2)nnc1C1CCCN(CC(=O)N2CCCC2)C1. The molecule has 4 heterocycles. The number of rotatable bonds is 7. The van der Waals surface area contributed by atoms with Crippen LogP contribution in [0.15, 0.2) is 29.7 Å². The molecule has 0 saturated carbocycles. The van der Waals surface area contributed by atoms with Crippen LogP contribution < -0.4 is 0 Å². The predicted molar refractivity (Wildman–Crippen MR) is 118 cm³/mol. The first-order valence-corrected chi connectivity index (χ1v) is 12.1. The monoisotopic (exact) mass is 428 g/mol. The number of hydrogen-bond donors (Lipinski definition) is 0. The minimum atomic E-state index is 0.284. The van der Waals surface area contributed by atoms with Gasteiger partial charge in [-0.2, -0.15) is 0 Å². The van der Waals surface area contributed by atoms with Gasteiger partial charge in [0.1, 0.15) is 5.82 Å². The summed E-state index contributed by atoms with van der Waals surface area (Å²) in [5, 5.41) is 10.1. The second-order valence-corrected chi connectivity index (χ2v) is 9.56. The summed E-state index contributed by atoms with van der Waals surface area (Å²) in [5.41, 5.74) is 1.19. The van der Waals surface area contributed by atoms with Crippen LogP contribution >= 0.6 is 11.8 Å². The van der Waals surface area contributed by atoms with Crippen molar-refractivity contribution < 1.29 is 4.79 Å². The lowest BCUT2D eigenvalue weighted by atomic mass is 9.97. The Morgan fingerprint density at radius 2 is 2.03 bits per heavy atom. The molecule has 1 amide bonds. The zero-order chi connectivity index (χ0) is 20.9. The van der Waals surface area contributed by atoms with Crippen LogP contribution in [0.2, 0.25) is 0 Å². The normalized spacial score (nSPS) is 20.2. The zero-order valence-electron chi connectivity index (χ0n) is 18.0. The summed E-state index contributed by atoms with van der Waals surface area (Å²) < 4.78 is 2.29. The third kappa shape index (κ3) is 5.03. The van der Waals surface area contributed by atoms with E-state index in [2.05, 4.69) is 44.6 Å². The molecule has 2 saturated heterocycles. The summed E-state index contributed by atoms with van der Waals surface area (Å²) in [6.07, 6.45) is 8.19. The van der Waals surface area contributed by atoms with Crippen LogP contribution in [0.5, 0.6) is 0 Å². The number of amides is 1. The first-order chi connectivity index (χ1) is 14.6. The molecule has 2 fully saturated rings. The molecule has 0 aromatic carbocycles. The molecule has 2 aliphatic rings. The molecule has 7 nitrogen and oxygen atoms in total. The fourth-order valence-corrected chi connectivity index (χ4v) is 5.46. The molecule has 0 bridgehead atoms. The minimum absolute atomic E-state index is 0.284. The van der Waals surface area contributed by atoms with E-state index in [0.717, 1.165) is 68.6 Å². The molecule has 0 spiro atoms. The van der Waals surface area contributed by atoms with Crippen LogP contribution in [-0.4, -0.2) is 68.2 Å². The highest BCUT2D eigenvalue weighted by Gasteiger charge is 2.30. The van der Waals surface area contributed by atoms with Gasteiger partial charge in [0.25, 0.3) is 0 Å². The predicted octanol–water partition coefficient (Wildman–Crippen LogP) is 3.35. The minimum Gasteiger partial charge on any atom is -0.342 e. The Labute approximate surface area is 183 Å². The van der Waals surface area contributed by atoms with E-state index in [1.165, 1.54) is 5.56 Å². The molecule has 162 valence electrons. The molecule has 1 atom stereocenters. The Balaban J connectivity index is 1.43. The van der Waals surface area contributed by atoms with Crippen molar-refractivity contribution in [1.29, 1.82) is 0 Å². The Morgan fingerprint density at radius 3 is 2.77 bits per heavy atom. The Morgan fingerprint density at radius 1 is 1.20 bits per heavy atom. The quantitative estimate of drug-likeness (QED) is 0.630. The van der Waals surface area contributed by atoms with Gasteiger partial charge in [-0.1, -0.05) is 17.8 Å². The van der Waals surface area contributed by atoms with Gasteiger partial charge in [0, 0.05) is 49.7 Å². The van der Waals surface area contributed by atoms with E-state index in [-0.39, 0.29) is 5.91 Å². The first-order valence-electron chi connectivity index (χ1n) is 11.1. The Kier molecular flexibility index (Phi) is 7.04. The molecule has 2 aromatic heterocycles. The lowest BCUT2D eigenvalue weighted by Crippen LogP contribution is -2.43. The number of aromatic nitrogens is 4. The van der Waals surface area contributed by atoms with E-state index in [0.29, 0.717) is 18.5 Å². The average Bonchev–Trinajstić information content (AvgIpc) is 3.43.